The molecule has 0 bridgehead atoms. The summed E-state index contributed by atoms with van der Waals surface area (Å²) >= 11 is 0. The van der Waals surface area contributed by atoms with Gasteiger partial charge in [0.25, 0.3) is 0 Å². The average Bonchev–Trinajstić information content (AvgIpc) is 3.03. The van der Waals surface area contributed by atoms with E-state index in [1.165, 1.54) is 11.1 Å². The number of rotatable bonds is 7. The van der Waals surface area contributed by atoms with Crippen LogP contribution in [0, 0.1) is 0 Å². The van der Waals surface area contributed by atoms with Crippen LogP contribution in [0.1, 0.15) is 37.9 Å². The van der Waals surface area contributed by atoms with Gasteiger partial charge in [0.15, 0.2) is 0 Å². The fourth-order valence-electron chi connectivity index (χ4n) is 3.32. The van der Waals surface area contributed by atoms with Crippen molar-refractivity contribution in [2.24, 2.45) is 0 Å². The zero-order valence-corrected chi connectivity index (χ0v) is 15.6. The Balaban J connectivity index is 1.45. The molecule has 1 N–H and O–H groups in total. The number of benzene rings is 1. The van der Waals surface area contributed by atoms with Crippen LogP contribution in [-0.2, 0) is 11.3 Å². The van der Waals surface area contributed by atoms with Gasteiger partial charge in [0.2, 0.25) is 0 Å². The van der Waals surface area contributed by atoms with Crippen LogP contribution >= 0.6 is 0 Å². The zero-order chi connectivity index (χ0) is 17.7. The van der Waals surface area contributed by atoms with Gasteiger partial charge in [-0.15, -0.1) is 0 Å². The summed E-state index contributed by atoms with van der Waals surface area (Å²) in [6.07, 6.45) is 4.11. The molecule has 0 saturated carbocycles. The molecule has 0 spiro atoms. The third-order valence-corrected chi connectivity index (χ3v) is 4.72. The maximum atomic E-state index is 5.77. The van der Waals surface area contributed by atoms with Crippen molar-refractivity contribution in [3.63, 3.8) is 0 Å². The smallest absolute Gasteiger partial charge is 0.0753 e. The highest BCUT2D eigenvalue weighted by Crippen LogP contribution is 2.16. The Hall–Kier alpha value is -1.69. The van der Waals surface area contributed by atoms with E-state index in [9.17, 15) is 0 Å². The van der Waals surface area contributed by atoms with E-state index in [4.69, 9.17) is 4.74 Å². The number of nitrogens with zero attached hydrogens (tertiary/aromatic N) is 3. The van der Waals surface area contributed by atoms with Crippen molar-refractivity contribution < 1.29 is 4.74 Å². The molecule has 1 aliphatic rings. The molecule has 1 saturated heterocycles. The van der Waals surface area contributed by atoms with Gasteiger partial charge in [-0.1, -0.05) is 30.3 Å². The van der Waals surface area contributed by atoms with E-state index < -0.39 is 0 Å². The first-order valence-electron chi connectivity index (χ1n) is 9.18. The molecule has 1 aliphatic heterocycles. The molecule has 2 aromatic rings. The van der Waals surface area contributed by atoms with E-state index in [0.717, 1.165) is 39.3 Å². The van der Waals surface area contributed by atoms with Crippen LogP contribution in [0.25, 0.3) is 0 Å². The Labute approximate surface area is 151 Å². The molecule has 136 valence electrons. The second-order valence-corrected chi connectivity index (χ2v) is 7.52. The van der Waals surface area contributed by atoms with Crippen molar-refractivity contribution in [1.29, 1.82) is 0 Å². The third kappa shape index (κ3) is 5.39. The standard InChI is InChI=1S/C20H30N4O/c1-17(21-9-10-23-11-12-25-20(2,3)16-23)19-13-22-24(15-19)14-18-7-5-4-6-8-18/h4-8,13,15,17,21H,9-12,14,16H2,1-3H3. The molecule has 0 radical (unpaired) electrons. The first kappa shape index (κ1) is 18.1. The summed E-state index contributed by atoms with van der Waals surface area (Å²) in [7, 11) is 0. The molecule has 25 heavy (non-hydrogen) atoms. The highest BCUT2D eigenvalue weighted by molar-refractivity contribution is 5.16. The Morgan fingerprint density at radius 1 is 1.28 bits per heavy atom. The number of morpholine rings is 1. The van der Waals surface area contributed by atoms with E-state index in [-0.39, 0.29) is 5.60 Å². The zero-order valence-electron chi connectivity index (χ0n) is 15.6. The number of ether oxygens (including phenoxy) is 1. The van der Waals surface area contributed by atoms with Gasteiger partial charge in [-0.3, -0.25) is 9.58 Å². The van der Waals surface area contributed by atoms with Crippen LogP contribution < -0.4 is 5.32 Å². The summed E-state index contributed by atoms with van der Waals surface area (Å²) in [5, 5.41) is 8.11. The van der Waals surface area contributed by atoms with Crippen LogP contribution in [0.5, 0.6) is 0 Å². The van der Waals surface area contributed by atoms with Crippen LogP contribution in [0.2, 0.25) is 0 Å². The van der Waals surface area contributed by atoms with Gasteiger partial charge >= 0.3 is 0 Å². The molecule has 0 amide bonds. The highest BCUT2D eigenvalue weighted by atomic mass is 16.5. The normalized spacial score (nSPS) is 19.0. The molecule has 3 rings (SSSR count). The maximum absolute atomic E-state index is 5.77. The van der Waals surface area contributed by atoms with Gasteiger partial charge in [-0.05, 0) is 26.3 Å². The summed E-state index contributed by atoms with van der Waals surface area (Å²) in [4.78, 5) is 2.47. The van der Waals surface area contributed by atoms with Crippen molar-refractivity contribution in [3.8, 4) is 0 Å². The minimum atomic E-state index is -0.0254. The first-order valence-corrected chi connectivity index (χ1v) is 9.18. The summed E-state index contributed by atoms with van der Waals surface area (Å²) in [5.41, 5.74) is 2.48. The van der Waals surface area contributed by atoms with E-state index >= 15 is 0 Å². The Morgan fingerprint density at radius 3 is 2.84 bits per heavy atom. The number of nitrogens with one attached hydrogen (secondary N) is 1. The first-order chi connectivity index (χ1) is 12.0. The molecule has 1 fully saturated rings. The summed E-state index contributed by atoms with van der Waals surface area (Å²) < 4.78 is 7.78. The largest absolute Gasteiger partial charge is 0.373 e. The minimum absolute atomic E-state index is 0.0254. The molecule has 2 heterocycles. The van der Waals surface area contributed by atoms with Gasteiger partial charge in [-0.2, -0.15) is 5.10 Å². The van der Waals surface area contributed by atoms with Crippen molar-refractivity contribution in [3.05, 3.63) is 53.9 Å². The molecule has 5 nitrogen and oxygen atoms in total. The SMILES string of the molecule is CC(NCCN1CCOC(C)(C)C1)c1cnn(Cc2ccccc2)c1. The number of hydrogen-bond acceptors (Lipinski definition) is 4. The van der Waals surface area contributed by atoms with Crippen molar-refractivity contribution in [1.82, 2.24) is 20.0 Å². The van der Waals surface area contributed by atoms with E-state index in [2.05, 4.69) is 66.5 Å². The summed E-state index contributed by atoms with van der Waals surface area (Å²) in [6.45, 7) is 12.2. The predicted octanol–water partition coefficient (Wildman–Crippen LogP) is 2.69. The number of hydrogen-bond donors (Lipinski definition) is 1. The Kier molecular flexibility index (Phi) is 5.89. The van der Waals surface area contributed by atoms with Crippen LogP contribution in [0.3, 0.4) is 0 Å². The van der Waals surface area contributed by atoms with Crippen LogP contribution in [0.15, 0.2) is 42.7 Å². The topological polar surface area (TPSA) is 42.3 Å². The fourth-order valence-corrected chi connectivity index (χ4v) is 3.32. The molecule has 1 aromatic heterocycles. The fraction of sp³-hybridized carbons (Fsp3) is 0.550. The van der Waals surface area contributed by atoms with Gasteiger partial charge in [0.05, 0.1) is 24.9 Å². The molecular weight excluding hydrogens is 312 g/mol. The Bertz CT molecular complexity index is 653. The average molecular weight is 342 g/mol. The molecule has 0 aliphatic carbocycles. The lowest BCUT2D eigenvalue weighted by atomic mass is 10.1. The van der Waals surface area contributed by atoms with Gasteiger partial charge in [0, 0.05) is 44.0 Å². The highest BCUT2D eigenvalue weighted by Gasteiger charge is 2.26. The molecule has 1 aromatic carbocycles. The second-order valence-electron chi connectivity index (χ2n) is 7.52. The quantitative estimate of drug-likeness (QED) is 0.840. The van der Waals surface area contributed by atoms with Crippen molar-refractivity contribution in [2.45, 2.75) is 39.0 Å². The van der Waals surface area contributed by atoms with Crippen LogP contribution in [0.4, 0.5) is 0 Å². The van der Waals surface area contributed by atoms with Crippen molar-refractivity contribution in [2.75, 3.05) is 32.8 Å². The van der Waals surface area contributed by atoms with Crippen LogP contribution in [-0.4, -0.2) is 53.1 Å². The monoisotopic (exact) mass is 342 g/mol. The maximum Gasteiger partial charge on any atom is 0.0753 e. The molecular formula is C20H30N4O. The lowest BCUT2D eigenvalue weighted by Crippen LogP contribution is -2.49. The summed E-state index contributed by atoms with van der Waals surface area (Å²) in [5.74, 6) is 0. The lowest BCUT2D eigenvalue weighted by Gasteiger charge is -2.38. The second kappa shape index (κ2) is 8.13. The van der Waals surface area contributed by atoms with E-state index in [1.807, 2.05) is 16.9 Å². The Morgan fingerprint density at radius 2 is 2.08 bits per heavy atom. The van der Waals surface area contributed by atoms with Gasteiger partial charge in [-0.25, -0.2) is 0 Å². The molecule has 1 unspecified atom stereocenters. The minimum Gasteiger partial charge on any atom is -0.373 e. The van der Waals surface area contributed by atoms with E-state index in [1.54, 1.807) is 0 Å². The summed E-state index contributed by atoms with van der Waals surface area (Å²) in [6, 6.07) is 10.7. The lowest BCUT2D eigenvalue weighted by molar-refractivity contribution is -0.0855. The van der Waals surface area contributed by atoms with Gasteiger partial charge < -0.3 is 10.1 Å². The third-order valence-electron chi connectivity index (χ3n) is 4.72. The van der Waals surface area contributed by atoms with E-state index in [0.29, 0.717) is 6.04 Å². The molecule has 5 heteroatoms. The number of aromatic nitrogens is 2. The molecule has 1 atom stereocenters. The van der Waals surface area contributed by atoms with Gasteiger partial charge in [0.1, 0.15) is 0 Å². The predicted molar refractivity (Wildman–Crippen MR) is 101 cm³/mol. The van der Waals surface area contributed by atoms with Crippen molar-refractivity contribution >= 4 is 0 Å².